The molecule has 1 fully saturated rings. The summed E-state index contributed by atoms with van der Waals surface area (Å²) in [5.41, 5.74) is 21.3. The number of benzene rings is 7. The highest BCUT2D eigenvalue weighted by Gasteiger charge is 2.61. The van der Waals surface area contributed by atoms with Crippen LogP contribution >= 0.6 is 0 Å². The molecule has 4 aliphatic rings. The molecule has 4 nitrogen and oxygen atoms in total. The minimum Gasteiger partial charge on any atom is -0.456 e. The van der Waals surface area contributed by atoms with Crippen LogP contribution in [0, 0.1) is 6.92 Å². The minimum absolute atomic E-state index is 0.0239. The van der Waals surface area contributed by atoms with Crippen LogP contribution in [0.5, 0.6) is 0 Å². The van der Waals surface area contributed by atoms with Crippen molar-refractivity contribution in [2.75, 3.05) is 14.7 Å². The van der Waals surface area contributed by atoms with Crippen LogP contribution in [-0.4, -0.2) is 12.3 Å². The molecule has 7 aromatic carbocycles. The lowest BCUT2D eigenvalue weighted by atomic mass is 9.33. The molecule has 64 heavy (non-hydrogen) atoms. The highest BCUT2D eigenvalue weighted by Crippen LogP contribution is 2.62. The van der Waals surface area contributed by atoms with Crippen LogP contribution in [0.2, 0.25) is 0 Å². The van der Waals surface area contributed by atoms with Crippen LogP contribution in [0.25, 0.3) is 21.9 Å². The van der Waals surface area contributed by atoms with Gasteiger partial charge in [-0.25, -0.2) is 0 Å². The molecule has 12 rings (SSSR count). The summed E-state index contributed by atoms with van der Waals surface area (Å²) in [7, 11) is 0. The van der Waals surface area contributed by atoms with E-state index in [2.05, 4.69) is 217 Å². The van der Waals surface area contributed by atoms with Crippen molar-refractivity contribution in [3.63, 3.8) is 0 Å². The van der Waals surface area contributed by atoms with Gasteiger partial charge in [0, 0.05) is 67.8 Å². The number of aryl methyl sites for hydroxylation is 1. The lowest BCUT2D eigenvalue weighted by Crippen LogP contribution is -2.64. The van der Waals surface area contributed by atoms with E-state index in [1.807, 2.05) is 0 Å². The predicted molar refractivity (Wildman–Crippen MR) is 273 cm³/mol. The zero-order valence-electron chi connectivity index (χ0n) is 38.9. The summed E-state index contributed by atoms with van der Waals surface area (Å²) >= 11 is 0. The number of fused-ring (bicyclic) bond motifs is 10. The van der Waals surface area contributed by atoms with E-state index < -0.39 is 0 Å². The zero-order chi connectivity index (χ0) is 44.1. The van der Waals surface area contributed by atoms with Crippen molar-refractivity contribution in [2.24, 2.45) is 0 Å². The minimum atomic E-state index is -0.0239. The number of para-hydroxylation sites is 2. The fraction of sp³-hybridized carbons (Fsp3) is 0.288. The third-order valence-electron chi connectivity index (χ3n) is 15.9. The lowest BCUT2D eigenvalue weighted by molar-refractivity contribution is 0.195. The summed E-state index contributed by atoms with van der Waals surface area (Å²) in [5, 5.41) is 2.29. The highest BCUT2D eigenvalue weighted by molar-refractivity contribution is 7.00. The first kappa shape index (κ1) is 39.4. The summed E-state index contributed by atoms with van der Waals surface area (Å²) in [5.74, 6) is 0. The molecule has 0 amide bonds. The maximum absolute atomic E-state index is 6.63. The van der Waals surface area contributed by atoms with Gasteiger partial charge in [0.1, 0.15) is 11.2 Å². The van der Waals surface area contributed by atoms with Crippen molar-refractivity contribution in [2.45, 2.75) is 110 Å². The Morgan fingerprint density at radius 1 is 0.578 bits per heavy atom. The molecule has 2 unspecified atom stereocenters. The molecule has 3 aliphatic heterocycles. The summed E-state index contributed by atoms with van der Waals surface area (Å²) in [4.78, 5) is 7.83. The summed E-state index contributed by atoms with van der Waals surface area (Å²) in [6.45, 7) is 21.2. The molecule has 5 heteroatoms. The van der Waals surface area contributed by atoms with Gasteiger partial charge in [0.25, 0.3) is 6.71 Å². The molecule has 1 saturated carbocycles. The molecule has 1 aromatic heterocycles. The van der Waals surface area contributed by atoms with Crippen LogP contribution < -0.4 is 31.1 Å². The van der Waals surface area contributed by atoms with E-state index in [0.29, 0.717) is 0 Å². The molecule has 8 aromatic rings. The third-order valence-corrected chi connectivity index (χ3v) is 15.9. The monoisotopic (exact) mass is 835 g/mol. The lowest BCUT2D eigenvalue weighted by Gasteiger charge is -2.52. The number of rotatable bonds is 4. The number of hydrogen-bond donors (Lipinski definition) is 0. The topological polar surface area (TPSA) is 22.9 Å². The molecule has 318 valence electrons. The van der Waals surface area contributed by atoms with Gasteiger partial charge in [-0.05, 0) is 143 Å². The van der Waals surface area contributed by atoms with Crippen LogP contribution in [0.15, 0.2) is 144 Å². The van der Waals surface area contributed by atoms with Crippen molar-refractivity contribution in [3.05, 3.63) is 162 Å². The molecule has 4 heterocycles. The molecule has 0 saturated heterocycles. The number of hydrogen-bond acceptors (Lipinski definition) is 4. The summed E-state index contributed by atoms with van der Waals surface area (Å²) in [6, 6.07) is 53.2. The zero-order valence-corrected chi connectivity index (χ0v) is 38.9. The Bertz CT molecular complexity index is 3150. The Morgan fingerprint density at radius 3 is 1.92 bits per heavy atom. The van der Waals surface area contributed by atoms with Crippen molar-refractivity contribution in [1.29, 1.82) is 0 Å². The van der Waals surface area contributed by atoms with Gasteiger partial charge in [-0.1, -0.05) is 128 Å². The normalized spacial score (nSPS) is 19.7. The first-order valence-corrected chi connectivity index (χ1v) is 23.6. The average molecular weight is 836 g/mol. The first-order chi connectivity index (χ1) is 30.6. The molecule has 1 aliphatic carbocycles. The van der Waals surface area contributed by atoms with E-state index in [0.717, 1.165) is 44.7 Å². The largest absolute Gasteiger partial charge is 0.456 e. The van der Waals surface area contributed by atoms with Gasteiger partial charge >= 0.3 is 0 Å². The standard InChI is InChI=1S/C59H58BN3O/c1-37-33-50-54-51(34-37)63-55-46(58(8)31-12-13-32-59(58,63)9)16-14-17-48(55)60(54)47-30-28-42(35-49(47)62(50)43-27-29-45-44-15-10-11-18-52(44)64-53(45)36-43)61(40-23-19-38(20-24-40)56(2,3)4)41-25-21-39(22-26-41)57(5,6)7/h10-11,14-30,33-36H,12-13,31-32H2,1-9H3. The third kappa shape index (κ3) is 5.49. The van der Waals surface area contributed by atoms with Crippen LogP contribution in [0.3, 0.4) is 0 Å². The summed E-state index contributed by atoms with van der Waals surface area (Å²) < 4.78 is 6.63. The molecule has 0 N–H and O–H groups in total. The molecule has 0 bridgehead atoms. The van der Waals surface area contributed by atoms with Gasteiger partial charge in [-0.15, -0.1) is 0 Å². The second-order valence-corrected chi connectivity index (χ2v) is 21.8. The number of nitrogens with zero attached hydrogens (tertiary/aromatic N) is 3. The van der Waals surface area contributed by atoms with E-state index in [-0.39, 0.29) is 28.5 Å². The van der Waals surface area contributed by atoms with Gasteiger partial charge in [-0.2, -0.15) is 0 Å². The first-order valence-electron chi connectivity index (χ1n) is 23.6. The van der Waals surface area contributed by atoms with Gasteiger partial charge in [-0.3, -0.25) is 0 Å². The summed E-state index contributed by atoms with van der Waals surface area (Å²) in [6.07, 6.45) is 4.92. The Kier molecular flexibility index (Phi) is 8.26. The van der Waals surface area contributed by atoms with Gasteiger partial charge < -0.3 is 19.1 Å². The molecule has 0 radical (unpaired) electrons. The Balaban J connectivity index is 1.13. The number of furan rings is 1. The van der Waals surface area contributed by atoms with Crippen molar-refractivity contribution in [1.82, 2.24) is 0 Å². The fourth-order valence-electron chi connectivity index (χ4n) is 12.3. The Morgan fingerprint density at radius 2 is 1.22 bits per heavy atom. The molecule has 2 atom stereocenters. The molecule has 0 spiro atoms. The maximum Gasteiger partial charge on any atom is 0.252 e. The van der Waals surface area contributed by atoms with Gasteiger partial charge in [0.2, 0.25) is 0 Å². The van der Waals surface area contributed by atoms with E-state index in [9.17, 15) is 0 Å². The second kappa shape index (κ2) is 13.4. The van der Waals surface area contributed by atoms with Crippen molar-refractivity contribution >= 4 is 90.5 Å². The van der Waals surface area contributed by atoms with Crippen LogP contribution in [0.4, 0.5) is 45.5 Å². The van der Waals surface area contributed by atoms with E-state index in [4.69, 9.17) is 4.42 Å². The van der Waals surface area contributed by atoms with E-state index in [1.165, 1.54) is 87.1 Å². The second-order valence-electron chi connectivity index (χ2n) is 21.8. The van der Waals surface area contributed by atoms with Crippen molar-refractivity contribution in [3.8, 4) is 0 Å². The SMILES string of the molecule is Cc1cc2c3c(c1)N1c4c(cccc4C4(C)CCCCC14C)B3c1ccc(N(c3ccc(C(C)(C)C)cc3)c3ccc(C(C)(C)C)cc3)cc1N2c1ccc2c(c1)oc1ccccc12. The number of anilines is 8. The van der Waals surface area contributed by atoms with Crippen molar-refractivity contribution < 1.29 is 4.42 Å². The highest BCUT2D eigenvalue weighted by atomic mass is 16.3. The van der Waals surface area contributed by atoms with Crippen LogP contribution in [-0.2, 0) is 16.2 Å². The quantitative estimate of drug-likeness (QED) is 0.165. The van der Waals surface area contributed by atoms with Crippen LogP contribution in [0.1, 0.15) is 103 Å². The molecular weight excluding hydrogens is 777 g/mol. The van der Waals surface area contributed by atoms with E-state index in [1.54, 1.807) is 0 Å². The maximum atomic E-state index is 6.63. The predicted octanol–water partition coefficient (Wildman–Crippen LogP) is 14.3. The molecular formula is C59H58BN3O. The average Bonchev–Trinajstić information content (AvgIpc) is 3.74. The smallest absolute Gasteiger partial charge is 0.252 e. The fourth-order valence-corrected chi connectivity index (χ4v) is 12.3. The Hall–Kier alpha value is -6.20. The van der Waals surface area contributed by atoms with Gasteiger partial charge in [0.05, 0.1) is 5.54 Å². The Labute approximate surface area is 379 Å². The van der Waals surface area contributed by atoms with E-state index >= 15 is 0 Å². The van der Waals surface area contributed by atoms with Gasteiger partial charge in [0.15, 0.2) is 0 Å².